The van der Waals surface area contributed by atoms with Gasteiger partial charge in [-0.15, -0.1) is 0 Å². The normalized spacial score (nSPS) is 18.2. The van der Waals surface area contributed by atoms with Crippen LogP contribution >= 0.6 is 0 Å². The third-order valence-corrected chi connectivity index (χ3v) is 1.60. The van der Waals surface area contributed by atoms with E-state index in [1.165, 1.54) is 6.42 Å². The van der Waals surface area contributed by atoms with Gasteiger partial charge in [0.1, 0.15) is 0 Å². The zero-order valence-corrected chi connectivity index (χ0v) is 5.67. The molecule has 4 heteroatoms. The van der Waals surface area contributed by atoms with Gasteiger partial charge in [-0.2, -0.15) is 0 Å². The van der Waals surface area contributed by atoms with Crippen LogP contribution in [-0.4, -0.2) is 23.1 Å². The van der Waals surface area contributed by atoms with Crippen LogP contribution in [0.3, 0.4) is 0 Å². The lowest BCUT2D eigenvalue weighted by molar-refractivity contribution is 0.763. The molecule has 0 amide bonds. The van der Waals surface area contributed by atoms with Crippen molar-refractivity contribution < 1.29 is 0 Å². The van der Waals surface area contributed by atoms with E-state index in [0.717, 1.165) is 19.0 Å². The average Bonchev–Trinajstić information content (AvgIpc) is 2.59. The molecule has 0 atom stereocenters. The Morgan fingerprint density at radius 2 is 2.60 bits per heavy atom. The number of hydrogen-bond donors (Lipinski definition) is 2. The Kier molecular flexibility index (Phi) is 1.32. The molecular formula is C6H10N4. The van der Waals surface area contributed by atoms with Crippen LogP contribution in [0.2, 0.25) is 0 Å². The van der Waals surface area contributed by atoms with E-state index >= 15 is 0 Å². The number of anilines is 1. The number of nitrogens with zero attached hydrogens (tertiary/aromatic N) is 2. The molecule has 2 heterocycles. The fraction of sp³-hybridized carbons (Fsp3) is 0.500. The number of nitrogens with one attached hydrogen (secondary N) is 2. The van der Waals surface area contributed by atoms with Gasteiger partial charge in [0.15, 0.2) is 0 Å². The molecule has 1 aliphatic rings. The Balaban J connectivity index is 2.12. The molecule has 1 fully saturated rings. The Morgan fingerprint density at radius 1 is 1.60 bits per heavy atom. The van der Waals surface area contributed by atoms with Crippen LogP contribution in [-0.2, 0) is 0 Å². The van der Waals surface area contributed by atoms with E-state index < -0.39 is 0 Å². The van der Waals surface area contributed by atoms with Crippen molar-refractivity contribution in [2.24, 2.45) is 0 Å². The number of rotatable bonds is 1. The third kappa shape index (κ3) is 0.863. The maximum absolute atomic E-state index is 4.11. The minimum Gasteiger partial charge on any atom is -0.330 e. The summed E-state index contributed by atoms with van der Waals surface area (Å²) in [5.74, 6) is 0.914. The minimum absolute atomic E-state index is 0.914. The van der Waals surface area contributed by atoms with Crippen molar-refractivity contribution in [3.8, 4) is 0 Å². The van der Waals surface area contributed by atoms with Gasteiger partial charge >= 0.3 is 0 Å². The molecule has 1 saturated heterocycles. The number of aromatic nitrogens is 2. The molecule has 0 bridgehead atoms. The maximum atomic E-state index is 4.11. The molecule has 0 aromatic carbocycles. The Labute approximate surface area is 59.2 Å². The van der Waals surface area contributed by atoms with Crippen LogP contribution in [0, 0.1) is 0 Å². The fourth-order valence-corrected chi connectivity index (χ4v) is 1.12. The van der Waals surface area contributed by atoms with E-state index in [2.05, 4.69) is 15.4 Å². The largest absolute Gasteiger partial charge is 0.330 e. The van der Waals surface area contributed by atoms with Crippen molar-refractivity contribution in [2.75, 3.05) is 18.1 Å². The van der Waals surface area contributed by atoms with Gasteiger partial charge in [-0.25, -0.2) is 10.4 Å². The van der Waals surface area contributed by atoms with Crippen molar-refractivity contribution >= 4 is 5.95 Å². The van der Waals surface area contributed by atoms with E-state index in [1.807, 2.05) is 11.2 Å². The fourth-order valence-electron chi connectivity index (χ4n) is 1.12. The van der Waals surface area contributed by atoms with Crippen molar-refractivity contribution in [3.63, 3.8) is 0 Å². The highest BCUT2D eigenvalue weighted by Crippen LogP contribution is 2.06. The zero-order valence-electron chi connectivity index (χ0n) is 5.67. The number of H-pyrrole nitrogens is 1. The van der Waals surface area contributed by atoms with Crippen LogP contribution in [0.4, 0.5) is 5.95 Å². The van der Waals surface area contributed by atoms with E-state index in [9.17, 15) is 0 Å². The number of hydrogen-bond acceptors (Lipinski definition) is 3. The molecule has 4 nitrogen and oxygen atoms in total. The zero-order chi connectivity index (χ0) is 6.81. The maximum Gasteiger partial charge on any atom is 0.217 e. The molecule has 0 spiro atoms. The minimum atomic E-state index is 0.914. The third-order valence-electron chi connectivity index (χ3n) is 1.60. The van der Waals surface area contributed by atoms with Crippen molar-refractivity contribution in [3.05, 3.63) is 12.4 Å². The van der Waals surface area contributed by atoms with Gasteiger partial charge in [-0.1, -0.05) is 0 Å². The topological polar surface area (TPSA) is 44.0 Å². The first-order valence-electron chi connectivity index (χ1n) is 3.47. The quantitative estimate of drug-likeness (QED) is 0.579. The summed E-state index contributed by atoms with van der Waals surface area (Å²) in [5, 5.41) is 2.03. The summed E-state index contributed by atoms with van der Waals surface area (Å²) in [4.78, 5) is 7.14. The van der Waals surface area contributed by atoms with Crippen LogP contribution < -0.4 is 10.4 Å². The average molecular weight is 138 g/mol. The highest BCUT2D eigenvalue weighted by atomic mass is 15.6. The summed E-state index contributed by atoms with van der Waals surface area (Å²) < 4.78 is 0. The molecule has 0 aliphatic carbocycles. The lowest BCUT2D eigenvalue weighted by Gasteiger charge is -2.12. The van der Waals surface area contributed by atoms with Crippen LogP contribution in [0.25, 0.3) is 0 Å². The van der Waals surface area contributed by atoms with E-state index in [4.69, 9.17) is 0 Å². The summed E-state index contributed by atoms with van der Waals surface area (Å²) >= 11 is 0. The molecule has 1 aliphatic heterocycles. The number of hydrazine groups is 1. The second-order valence-corrected chi connectivity index (χ2v) is 2.33. The highest BCUT2D eigenvalue weighted by Gasteiger charge is 2.12. The highest BCUT2D eigenvalue weighted by molar-refractivity contribution is 5.27. The first-order chi connectivity index (χ1) is 4.97. The molecular weight excluding hydrogens is 128 g/mol. The molecule has 1 aromatic heterocycles. The Hall–Kier alpha value is -1.03. The summed E-state index contributed by atoms with van der Waals surface area (Å²) in [5.41, 5.74) is 3.20. The second kappa shape index (κ2) is 2.30. The van der Waals surface area contributed by atoms with E-state index in [1.54, 1.807) is 6.20 Å². The molecule has 10 heavy (non-hydrogen) atoms. The molecule has 0 saturated carbocycles. The van der Waals surface area contributed by atoms with E-state index in [-0.39, 0.29) is 0 Å². The van der Waals surface area contributed by atoms with Gasteiger partial charge in [0.05, 0.1) is 0 Å². The first kappa shape index (κ1) is 5.73. The molecule has 1 aromatic rings. The summed E-state index contributed by atoms with van der Waals surface area (Å²) in [6.45, 7) is 2.11. The number of imidazole rings is 1. The van der Waals surface area contributed by atoms with Gasteiger partial charge in [0, 0.05) is 25.5 Å². The van der Waals surface area contributed by atoms with Gasteiger partial charge < -0.3 is 4.98 Å². The molecule has 2 rings (SSSR count). The van der Waals surface area contributed by atoms with Crippen molar-refractivity contribution in [2.45, 2.75) is 6.42 Å². The predicted molar refractivity (Wildman–Crippen MR) is 38.6 cm³/mol. The van der Waals surface area contributed by atoms with Crippen LogP contribution in [0.15, 0.2) is 12.4 Å². The SMILES string of the molecule is c1c[nH]c(N2CCCN2)n1. The monoisotopic (exact) mass is 138 g/mol. The summed E-state index contributed by atoms with van der Waals surface area (Å²) in [6, 6.07) is 0. The van der Waals surface area contributed by atoms with Gasteiger partial charge in [-0.3, -0.25) is 5.01 Å². The predicted octanol–water partition coefficient (Wildman–Crippen LogP) is 0.124. The summed E-state index contributed by atoms with van der Waals surface area (Å²) in [6.07, 6.45) is 4.78. The second-order valence-electron chi connectivity index (χ2n) is 2.33. The molecule has 2 N–H and O–H groups in total. The lowest BCUT2D eigenvalue weighted by atomic mass is 10.5. The molecule has 54 valence electrons. The lowest BCUT2D eigenvalue weighted by Crippen LogP contribution is -2.31. The van der Waals surface area contributed by atoms with Gasteiger partial charge in [0.2, 0.25) is 5.95 Å². The van der Waals surface area contributed by atoms with Crippen molar-refractivity contribution in [1.29, 1.82) is 0 Å². The van der Waals surface area contributed by atoms with Crippen LogP contribution in [0.5, 0.6) is 0 Å². The van der Waals surface area contributed by atoms with E-state index in [0.29, 0.717) is 0 Å². The smallest absolute Gasteiger partial charge is 0.217 e. The standard InChI is InChI=1S/C6H10N4/c1-2-9-10(5-1)6-7-3-4-8-6/h3-4,9H,1-2,5H2,(H,7,8). The Bertz CT molecular complexity index is 188. The molecule has 0 radical (unpaired) electrons. The van der Waals surface area contributed by atoms with Crippen molar-refractivity contribution in [1.82, 2.24) is 15.4 Å². The number of aromatic amines is 1. The Morgan fingerprint density at radius 3 is 3.20 bits per heavy atom. The first-order valence-corrected chi connectivity index (χ1v) is 3.47. The van der Waals surface area contributed by atoms with Gasteiger partial charge in [0.25, 0.3) is 0 Å². The summed E-state index contributed by atoms with van der Waals surface area (Å²) in [7, 11) is 0. The van der Waals surface area contributed by atoms with Crippen LogP contribution in [0.1, 0.15) is 6.42 Å². The van der Waals surface area contributed by atoms with Gasteiger partial charge in [-0.05, 0) is 6.42 Å². The molecule has 0 unspecified atom stereocenters.